The van der Waals surface area contributed by atoms with Gasteiger partial charge < -0.3 is 28.6 Å². The second kappa shape index (κ2) is 10.7. The molecular formula is C30H32N2O5. The van der Waals surface area contributed by atoms with E-state index in [1.165, 1.54) is 0 Å². The minimum Gasteiger partial charge on any atom is -0.633 e. The fraction of sp³-hybridized carbons (Fsp3) is 0.300. The lowest BCUT2D eigenvalue weighted by atomic mass is 10.1. The van der Waals surface area contributed by atoms with Crippen LogP contribution in [0.15, 0.2) is 82.0 Å². The molecule has 0 atom stereocenters. The molecule has 5 rings (SSSR count). The second-order valence-electron chi connectivity index (χ2n) is 9.47. The first-order valence-corrected chi connectivity index (χ1v) is 12.7. The van der Waals surface area contributed by atoms with E-state index >= 15 is 0 Å². The molecule has 0 aliphatic carbocycles. The summed E-state index contributed by atoms with van der Waals surface area (Å²) in [6.45, 7) is 5.02. The van der Waals surface area contributed by atoms with Crippen LogP contribution in [0.3, 0.4) is 0 Å². The Balaban J connectivity index is 1.23. The molecule has 7 nitrogen and oxygen atoms in total. The van der Waals surface area contributed by atoms with E-state index in [1.54, 1.807) is 26.2 Å². The first-order chi connectivity index (χ1) is 18.0. The number of hydrogen-bond acceptors (Lipinski definition) is 6. The number of benzene rings is 3. The molecule has 0 spiro atoms. The van der Waals surface area contributed by atoms with E-state index in [9.17, 15) is 10.0 Å². The third kappa shape index (κ3) is 5.19. The van der Waals surface area contributed by atoms with Gasteiger partial charge >= 0.3 is 0 Å². The molecule has 192 valence electrons. The van der Waals surface area contributed by atoms with Crippen molar-refractivity contribution in [3.05, 3.63) is 93.8 Å². The van der Waals surface area contributed by atoms with Gasteiger partial charge in [0.05, 0.1) is 57.5 Å². The van der Waals surface area contributed by atoms with Crippen molar-refractivity contribution >= 4 is 16.7 Å². The molecule has 0 amide bonds. The van der Waals surface area contributed by atoms with Gasteiger partial charge in [-0.25, -0.2) is 0 Å². The van der Waals surface area contributed by atoms with Crippen molar-refractivity contribution in [2.24, 2.45) is 0 Å². The van der Waals surface area contributed by atoms with Crippen LogP contribution in [0.2, 0.25) is 0 Å². The van der Waals surface area contributed by atoms with Crippen LogP contribution in [0, 0.1) is 12.1 Å². The van der Waals surface area contributed by atoms with E-state index in [0.29, 0.717) is 73.8 Å². The van der Waals surface area contributed by atoms with Gasteiger partial charge in [0.2, 0.25) is 0 Å². The Morgan fingerprint density at radius 3 is 2.41 bits per heavy atom. The molecular weight excluding hydrogens is 468 g/mol. The van der Waals surface area contributed by atoms with E-state index < -0.39 is 0 Å². The zero-order valence-corrected chi connectivity index (χ0v) is 21.3. The highest BCUT2D eigenvalue weighted by Crippen LogP contribution is 2.31. The largest absolute Gasteiger partial charge is 0.633 e. The van der Waals surface area contributed by atoms with Crippen molar-refractivity contribution in [2.75, 3.05) is 51.3 Å². The molecule has 7 heteroatoms. The molecule has 37 heavy (non-hydrogen) atoms. The van der Waals surface area contributed by atoms with E-state index in [1.807, 2.05) is 60.7 Å². The minimum absolute atomic E-state index is 0.0671. The summed E-state index contributed by atoms with van der Waals surface area (Å²) in [5.74, 6) is 1.89. The average molecular weight is 501 g/mol. The summed E-state index contributed by atoms with van der Waals surface area (Å²) in [6.07, 6.45) is 0.607. The number of fused-ring (bicyclic) bond motifs is 1. The molecule has 0 unspecified atom stereocenters. The monoisotopic (exact) mass is 500 g/mol. The highest BCUT2D eigenvalue weighted by molar-refractivity contribution is 5.85. The predicted molar refractivity (Wildman–Crippen MR) is 146 cm³/mol. The third-order valence-corrected chi connectivity index (χ3v) is 7.09. The third-order valence-electron chi connectivity index (χ3n) is 7.09. The lowest BCUT2D eigenvalue weighted by molar-refractivity contribution is -0.881. The summed E-state index contributed by atoms with van der Waals surface area (Å²) in [4.78, 5) is 15.3. The van der Waals surface area contributed by atoms with Crippen molar-refractivity contribution in [1.29, 1.82) is 0 Å². The number of piperazine rings is 1. The highest BCUT2D eigenvalue weighted by atomic mass is 16.5. The number of methoxy groups -OCH3 is 1. The topological polar surface area (TPSA) is 75.0 Å². The highest BCUT2D eigenvalue weighted by Gasteiger charge is 2.26. The van der Waals surface area contributed by atoms with Crippen molar-refractivity contribution in [3.63, 3.8) is 0 Å². The van der Waals surface area contributed by atoms with Gasteiger partial charge in [-0.2, -0.15) is 0 Å². The minimum atomic E-state index is -0.239. The smallest absolute Gasteiger partial charge is 0.196 e. The van der Waals surface area contributed by atoms with Gasteiger partial charge in [-0.05, 0) is 31.2 Å². The fourth-order valence-electron chi connectivity index (χ4n) is 4.98. The van der Waals surface area contributed by atoms with Gasteiger partial charge in [0.25, 0.3) is 0 Å². The Morgan fingerprint density at radius 1 is 0.946 bits per heavy atom. The van der Waals surface area contributed by atoms with Crippen molar-refractivity contribution in [3.8, 4) is 22.8 Å². The number of hydroxylamine groups is 3. The molecule has 1 aromatic heterocycles. The van der Waals surface area contributed by atoms with E-state index in [2.05, 4.69) is 4.90 Å². The summed E-state index contributed by atoms with van der Waals surface area (Å²) in [5.41, 5.74) is 2.82. The first-order valence-electron chi connectivity index (χ1n) is 12.7. The summed E-state index contributed by atoms with van der Waals surface area (Å²) < 4.78 is 17.5. The number of nitrogens with zero attached hydrogens (tertiary/aromatic N) is 2. The number of quaternary nitrogens is 1. The van der Waals surface area contributed by atoms with Crippen molar-refractivity contribution in [2.45, 2.75) is 13.3 Å². The Bertz CT molecular complexity index is 1430. The maximum atomic E-state index is 13.3. The fourth-order valence-corrected chi connectivity index (χ4v) is 4.98. The molecule has 3 aromatic carbocycles. The number of anilines is 1. The zero-order chi connectivity index (χ0) is 25.8. The van der Waals surface area contributed by atoms with Gasteiger partial charge in [0.15, 0.2) is 16.8 Å². The molecule has 2 heterocycles. The normalized spacial score (nSPS) is 15.1. The Hall–Kier alpha value is -3.81. The Labute approximate surface area is 216 Å². The molecule has 1 aliphatic heterocycles. The van der Waals surface area contributed by atoms with Crippen LogP contribution in [0.5, 0.6) is 11.5 Å². The van der Waals surface area contributed by atoms with Crippen LogP contribution in [-0.2, 0) is 0 Å². The van der Waals surface area contributed by atoms with Crippen LogP contribution in [0.4, 0.5) is 5.69 Å². The first kappa shape index (κ1) is 24.9. The number of rotatable bonds is 8. The Kier molecular flexibility index (Phi) is 7.17. The maximum absolute atomic E-state index is 13.3. The molecule has 0 saturated carbocycles. The van der Waals surface area contributed by atoms with Gasteiger partial charge in [-0.15, -0.1) is 0 Å². The predicted octanol–water partition coefficient (Wildman–Crippen LogP) is 5.38. The molecule has 1 aliphatic rings. The average Bonchev–Trinajstić information content (AvgIpc) is 2.94. The lowest BCUT2D eigenvalue weighted by Crippen LogP contribution is -2.56. The lowest BCUT2D eigenvalue weighted by Gasteiger charge is -2.49. The van der Waals surface area contributed by atoms with Crippen LogP contribution >= 0.6 is 0 Å². The SMILES string of the molecule is COc1ccccc1N1CC[N+]([O-])(CCCOc2cccc3c(=O)c(C)c(-c4ccccc4)oc23)CC1. The van der Waals surface area contributed by atoms with Crippen LogP contribution in [0.25, 0.3) is 22.3 Å². The molecule has 0 N–H and O–H groups in total. The van der Waals surface area contributed by atoms with E-state index in [-0.39, 0.29) is 10.1 Å². The summed E-state index contributed by atoms with van der Waals surface area (Å²) in [6, 6.07) is 22.9. The maximum Gasteiger partial charge on any atom is 0.196 e. The van der Waals surface area contributed by atoms with Gasteiger partial charge in [0, 0.05) is 17.5 Å². The molecule has 1 saturated heterocycles. The van der Waals surface area contributed by atoms with Crippen LogP contribution < -0.4 is 19.8 Å². The van der Waals surface area contributed by atoms with Crippen molar-refractivity contribution in [1.82, 2.24) is 0 Å². The van der Waals surface area contributed by atoms with Gasteiger partial charge in [0.1, 0.15) is 11.5 Å². The van der Waals surface area contributed by atoms with Gasteiger partial charge in [-0.1, -0.05) is 48.5 Å². The second-order valence-corrected chi connectivity index (χ2v) is 9.47. The molecule has 1 fully saturated rings. The van der Waals surface area contributed by atoms with Gasteiger partial charge in [-0.3, -0.25) is 4.79 Å². The van der Waals surface area contributed by atoms with E-state index in [0.717, 1.165) is 17.0 Å². The summed E-state index contributed by atoms with van der Waals surface area (Å²) in [7, 11) is 1.67. The van der Waals surface area contributed by atoms with Crippen LogP contribution in [-0.4, -0.2) is 51.1 Å². The van der Waals surface area contributed by atoms with E-state index in [4.69, 9.17) is 13.9 Å². The summed E-state index contributed by atoms with van der Waals surface area (Å²) >= 11 is 0. The van der Waals surface area contributed by atoms with Crippen molar-refractivity contribution < 1.29 is 18.5 Å². The molecule has 0 bridgehead atoms. The standard InChI is InChI=1S/C30H32N2O5/c1-22-28(33)24-12-8-15-27(30(24)37-29(22)23-10-4-3-5-11-23)36-21-9-18-32(34)19-16-31(17-20-32)25-13-6-7-14-26(25)35-2/h3-8,10-15H,9,16-21H2,1-2H3. The molecule has 0 radical (unpaired) electrons. The zero-order valence-electron chi connectivity index (χ0n) is 21.3. The number of hydrogen-bond donors (Lipinski definition) is 0. The number of para-hydroxylation sites is 3. The molecule has 4 aromatic rings. The summed E-state index contributed by atoms with van der Waals surface area (Å²) in [5, 5.41) is 13.8. The number of ether oxygens (including phenoxy) is 2. The Morgan fingerprint density at radius 2 is 1.65 bits per heavy atom. The quantitative estimate of drug-likeness (QED) is 0.184. The van der Waals surface area contributed by atoms with Crippen LogP contribution in [0.1, 0.15) is 12.0 Å².